The number of carbonyl (C=O) groups excluding carboxylic acids is 1. The average molecular weight is 472 g/mol. The van der Waals surface area contributed by atoms with E-state index in [1.165, 1.54) is 23.0 Å². The number of nitrogens with one attached hydrogen (secondary N) is 2. The summed E-state index contributed by atoms with van der Waals surface area (Å²) in [6, 6.07) is 9.50. The van der Waals surface area contributed by atoms with Gasteiger partial charge in [-0.15, -0.1) is 0 Å². The molecule has 0 aliphatic carbocycles. The second-order valence-electron chi connectivity index (χ2n) is 7.77. The van der Waals surface area contributed by atoms with Crippen molar-refractivity contribution >= 4 is 17.6 Å². The Balaban J connectivity index is 1.40. The van der Waals surface area contributed by atoms with Gasteiger partial charge in [-0.25, -0.2) is 4.79 Å². The van der Waals surface area contributed by atoms with Gasteiger partial charge < -0.3 is 9.84 Å². The quantitative estimate of drug-likeness (QED) is 0.387. The molecule has 11 heteroatoms. The zero-order valence-corrected chi connectivity index (χ0v) is 18.5. The number of aryl methyl sites for hydroxylation is 3. The highest BCUT2D eigenvalue weighted by Gasteiger charge is 2.30. The summed E-state index contributed by atoms with van der Waals surface area (Å²) in [6.07, 6.45) is -3.03. The van der Waals surface area contributed by atoms with Gasteiger partial charge in [0, 0.05) is 16.8 Å². The van der Waals surface area contributed by atoms with Crippen LogP contribution in [-0.4, -0.2) is 16.5 Å². The van der Waals surface area contributed by atoms with Crippen molar-refractivity contribution in [3.63, 3.8) is 0 Å². The molecule has 2 aromatic heterocycles. The van der Waals surface area contributed by atoms with Crippen LogP contribution in [0.1, 0.15) is 28.1 Å². The molecular formula is C23H21F3N5O3+. The van der Waals surface area contributed by atoms with E-state index in [9.17, 15) is 18.0 Å². The molecule has 2 heterocycles. The number of aromatic nitrogens is 3. The van der Waals surface area contributed by atoms with Crippen molar-refractivity contribution in [2.24, 2.45) is 0 Å². The Kier molecular flexibility index (Phi) is 6.10. The Labute approximate surface area is 192 Å². The molecule has 0 fully saturated rings. The van der Waals surface area contributed by atoms with Crippen LogP contribution in [0.2, 0.25) is 0 Å². The lowest BCUT2D eigenvalue weighted by atomic mass is 9.97. The lowest BCUT2D eigenvalue weighted by Gasteiger charge is -2.09. The van der Waals surface area contributed by atoms with Crippen LogP contribution in [-0.2, 0) is 12.7 Å². The van der Waals surface area contributed by atoms with Crippen molar-refractivity contribution in [3.8, 4) is 11.1 Å². The van der Waals surface area contributed by atoms with Crippen LogP contribution in [0.3, 0.4) is 0 Å². The van der Waals surface area contributed by atoms with Gasteiger partial charge in [0.2, 0.25) is 11.8 Å². The third kappa shape index (κ3) is 5.08. The Bertz CT molecular complexity index is 1320. The maximum atomic E-state index is 12.8. The maximum Gasteiger partial charge on any atom is 0.416 e. The largest absolute Gasteiger partial charge is 0.416 e. The molecule has 34 heavy (non-hydrogen) atoms. The summed E-state index contributed by atoms with van der Waals surface area (Å²) >= 11 is 0. The third-order valence-electron chi connectivity index (χ3n) is 5.13. The number of nitrogens with zero attached hydrogens (tertiary/aromatic N) is 3. The molecule has 0 unspecified atom stereocenters. The van der Waals surface area contributed by atoms with Gasteiger partial charge in [-0.2, -0.15) is 13.2 Å². The van der Waals surface area contributed by atoms with E-state index in [-0.39, 0.29) is 11.6 Å². The van der Waals surface area contributed by atoms with Crippen molar-refractivity contribution in [1.29, 1.82) is 0 Å². The van der Waals surface area contributed by atoms with E-state index in [1.54, 1.807) is 0 Å². The Hall–Kier alpha value is -4.15. The molecule has 8 nitrogen and oxygen atoms in total. The fraction of sp³-hybridized carbons (Fsp3) is 0.217. The Morgan fingerprint density at radius 2 is 1.85 bits per heavy atom. The molecule has 0 saturated carbocycles. The van der Waals surface area contributed by atoms with Crippen molar-refractivity contribution in [2.45, 2.75) is 33.5 Å². The van der Waals surface area contributed by atoms with Crippen LogP contribution < -0.4 is 15.3 Å². The number of alkyl halides is 3. The molecular weight excluding hydrogens is 451 g/mol. The molecule has 2 N–H and O–H groups in total. The predicted octanol–water partition coefficient (Wildman–Crippen LogP) is 5.25. The van der Waals surface area contributed by atoms with E-state index in [4.69, 9.17) is 9.05 Å². The monoisotopic (exact) mass is 472 g/mol. The summed E-state index contributed by atoms with van der Waals surface area (Å²) in [5.41, 5.74) is 3.93. The molecule has 0 saturated heterocycles. The number of hydrogen-bond acceptors (Lipinski definition) is 5. The summed E-state index contributed by atoms with van der Waals surface area (Å²) in [6.45, 7) is 6.13. The van der Waals surface area contributed by atoms with Crippen LogP contribution in [0.4, 0.5) is 29.5 Å². The SMILES string of the molecule is Cc1cc(C[n+]2cc(NC(=O)Nc3cccc(C(F)(F)F)c3)on2)ccc1-c1c(C)noc1C. The molecule has 0 spiro atoms. The number of urea groups is 1. The van der Waals surface area contributed by atoms with Gasteiger partial charge in [-0.3, -0.25) is 9.84 Å². The van der Waals surface area contributed by atoms with Crippen LogP contribution in [0.5, 0.6) is 0 Å². The molecule has 4 aromatic rings. The molecule has 0 bridgehead atoms. The van der Waals surface area contributed by atoms with Gasteiger partial charge in [0.05, 0.1) is 11.3 Å². The number of amides is 2. The fourth-order valence-corrected chi connectivity index (χ4v) is 3.62. The molecule has 4 rings (SSSR count). The topological polar surface area (TPSA) is 97.1 Å². The summed E-state index contributed by atoms with van der Waals surface area (Å²) in [4.78, 5) is 12.1. The lowest BCUT2D eigenvalue weighted by molar-refractivity contribution is -0.754. The van der Waals surface area contributed by atoms with E-state index < -0.39 is 17.8 Å². The highest BCUT2D eigenvalue weighted by Crippen LogP contribution is 2.31. The summed E-state index contributed by atoms with van der Waals surface area (Å²) < 4.78 is 50.3. The van der Waals surface area contributed by atoms with Crippen LogP contribution in [0.15, 0.2) is 57.7 Å². The molecule has 0 aliphatic rings. The maximum absolute atomic E-state index is 12.8. The first-order valence-corrected chi connectivity index (χ1v) is 10.2. The zero-order valence-electron chi connectivity index (χ0n) is 18.5. The number of benzene rings is 2. The van der Waals surface area contributed by atoms with E-state index in [2.05, 4.69) is 21.1 Å². The second-order valence-corrected chi connectivity index (χ2v) is 7.77. The molecule has 2 aromatic carbocycles. The lowest BCUT2D eigenvalue weighted by Crippen LogP contribution is -2.35. The normalized spacial score (nSPS) is 11.5. The van der Waals surface area contributed by atoms with E-state index >= 15 is 0 Å². The molecule has 176 valence electrons. The zero-order chi connectivity index (χ0) is 24.5. The highest BCUT2D eigenvalue weighted by atomic mass is 19.4. The van der Waals surface area contributed by atoms with Crippen LogP contribution in [0, 0.1) is 20.8 Å². The van der Waals surface area contributed by atoms with Crippen molar-refractivity contribution in [2.75, 3.05) is 10.6 Å². The average Bonchev–Trinajstić information content (AvgIpc) is 3.33. The Morgan fingerprint density at radius 1 is 1.06 bits per heavy atom. The van der Waals surface area contributed by atoms with Crippen molar-refractivity contribution in [3.05, 3.63) is 76.8 Å². The standard InChI is InChI=1S/C23H20F3N5O3/c1-13-9-16(7-8-19(13)21-14(2)29-33-15(21)3)11-31-12-20(34-30-31)28-22(32)27-18-6-4-5-17(10-18)23(24,25)26/h4-10,12H,11H2,1-3H3,(H-,27,28,30,32)/p+1. The van der Waals surface area contributed by atoms with E-state index in [0.717, 1.165) is 45.8 Å². The minimum Gasteiger partial charge on any atom is -0.361 e. The minimum atomic E-state index is -4.51. The minimum absolute atomic E-state index is 0.00595. The number of hydrogen-bond donors (Lipinski definition) is 2. The third-order valence-corrected chi connectivity index (χ3v) is 5.13. The van der Waals surface area contributed by atoms with E-state index in [0.29, 0.717) is 6.54 Å². The van der Waals surface area contributed by atoms with Crippen LogP contribution in [0.25, 0.3) is 11.1 Å². The number of rotatable bonds is 5. The smallest absolute Gasteiger partial charge is 0.361 e. The van der Waals surface area contributed by atoms with Gasteiger partial charge in [0.15, 0.2) is 0 Å². The number of halogens is 3. The number of anilines is 2. The predicted molar refractivity (Wildman–Crippen MR) is 116 cm³/mol. The molecule has 0 aliphatic heterocycles. The van der Waals surface area contributed by atoms with E-state index in [1.807, 2.05) is 39.0 Å². The fourth-order valence-electron chi connectivity index (χ4n) is 3.62. The van der Waals surface area contributed by atoms with Gasteiger partial charge in [-0.05, 0) is 60.8 Å². The summed E-state index contributed by atoms with van der Waals surface area (Å²) in [7, 11) is 0. The number of carbonyl (C=O) groups is 1. The van der Waals surface area contributed by atoms with Crippen LogP contribution >= 0.6 is 0 Å². The first-order valence-electron chi connectivity index (χ1n) is 10.2. The van der Waals surface area contributed by atoms with Gasteiger partial charge >= 0.3 is 18.1 Å². The Morgan fingerprint density at radius 3 is 2.53 bits per heavy atom. The second kappa shape index (κ2) is 9.00. The summed E-state index contributed by atoms with van der Waals surface area (Å²) in [5, 5.41) is 12.6. The summed E-state index contributed by atoms with van der Waals surface area (Å²) in [5.74, 6) is 0.784. The molecule has 0 atom stereocenters. The van der Waals surface area contributed by atoms with Gasteiger partial charge in [0.25, 0.3) is 6.20 Å². The van der Waals surface area contributed by atoms with Gasteiger partial charge in [0.1, 0.15) is 5.76 Å². The van der Waals surface area contributed by atoms with Crippen molar-refractivity contribution < 1.29 is 31.7 Å². The molecule has 0 radical (unpaired) electrons. The first-order chi connectivity index (χ1) is 16.1. The van der Waals surface area contributed by atoms with Crippen molar-refractivity contribution in [1.82, 2.24) is 10.4 Å². The highest BCUT2D eigenvalue weighted by molar-refractivity contribution is 5.98. The molecule has 2 amide bonds. The van der Waals surface area contributed by atoms with Gasteiger partial charge in [-0.1, -0.05) is 23.4 Å². The first kappa shape index (κ1) is 23.0.